The molecule has 2 N–H and O–H groups in total. The summed E-state index contributed by atoms with van der Waals surface area (Å²) >= 11 is 3.40. The second-order valence-electron chi connectivity index (χ2n) is 6.44. The zero-order chi connectivity index (χ0) is 19.4. The number of amides is 2. The highest BCUT2D eigenvalue weighted by Gasteiger charge is 2.18. The van der Waals surface area contributed by atoms with Crippen LogP contribution < -0.4 is 20.3 Å². The quantitative estimate of drug-likeness (QED) is 0.758. The highest BCUT2D eigenvalue weighted by Crippen LogP contribution is 2.26. The number of nitrogens with zero attached hydrogens (tertiary/aromatic N) is 2. The molecule has 27 heavy (non-hydrogen) atoms. The number of rotatable bonds is 5. The van der Waals surface area contributed by atoms with Gasteiger partial charge in [0.15, 0.2) is 0 Å². The molecule has 0 unspecified atom stereocenters. The summed E-state index contributed by atoms with van der Waals surface area (Å²) in [6.07, 6.45) is 1.54. The number of hydrogen-bond donors (Lipinski definition) is 2. The molecule has 142 valence electrons. The van der Waals surface area contributed by atoms with Crippen LogP contribution in [-0.4, -0.2) is 42.5 Å². The van der Waals surface area contributed by atoms with Crippen molar-refractivity contribution >= 4 is 39.2 Å². The van der Waals surface area contributed by atoms with Gasteiger partial charge >= 0.3 is 0 Å². The fraction of sp³-hybridized carbons (Fsp3) is 0.316. The van der Waals surface area contributed by atoms with Crippen molar-refractivity contribution in [1.29, 1.82) is 0 Å². The molecule has 1 aromatic carbocycles. The lowest BCUT2D eigenvalue weighted by Crippen LogP contribution is -2.48. The van der Waals surface area contributed by atoms with Crippen molar-refractivity contribution < 1.29 is 14.3 Å². The van der Waals surface area contributed by atoms with E-state index in [-0.39, 0.29) is 24.5 Å². The average molecular weight is 433 g/mol. The minimum Gasteiger partial charge on any atom is -0.490 e. The summed E-state index contributed by atoms with van der Waals surface area (Å²) in [7, 11) is 0. The SMILES string of the molecule is CC(C)Oc1cc(Br)ccc1C(=O)Nc1ccc(N2CCNC(=O)C2)nc1. The van der Waals surface area contributed by atoms with Gasteiger partial charge in [-0.15, -0.1) is 0 Å². The summed E-state index contributed by atoms with van der Waals surface area (Å²) in [6.45, 7) is 5.41. The van der Waals surface area contributed by atoms with Gasteiger partial charge in [0.1, 0.15) is 11.6 Å². The normalized spacial score (nSPS) is 14.1. The number of hydrogen-bond acceptors (Lipinski definition) is 5. The number of piperazine rings is 1. The molecule has 2 amide bonds. The molecule has 0 atom stereocenters. The van der Waals surface area contributed by atoms with E-state index < -0.39 is 0 Å². The number of pyridine rings is 1. The summed E-state index contributed by atoms with van der Waals surface area (Å²) in [6, 6.07) is 8.85. The summed E-state index contributed by atoms with van der Waals surface area (Å²) in [5.41, 5.74) is 1.02. The van der Waals surface area contributed by atoms with E-state index in [1.165, 1.54) is 0 Å². The molecule has 0 saturated carbocycles. The Morgan fingerprint density at radius 1 is 1.33 bits per heavy atom. The van der Waals surface area contributed by atoms with Crippen molar-refractivity contribution in [2.45, 2.75) is 20.0 Å². The third-order valence-corrected chi connectivity index (χ3v) is 4.41. The highest BCUT2D eigenvalue weighted by molar-refractivity contribution is 9.10. The minimum atomic E-state index is -0.273. The lowest BCUT2D eigenvalue weighted by atomic mass is 10.2. The van der Waals surface area contributed by atoms with Gasteiger partial charge in [0.2, 0.25) is 5.91 Å². The molecule has 0 radical (unpaired) electrons. The molecular formula is C19H21BrN4O3. The number of halogens is 1. The van der Waals surface area contributed by atoms with E-state index in [1.54, 1.807) is 36.5 Å². The Bertz CT molecular complexity index is 839. The number of carbonyl (C=O) groups is 2. The lowest BCUT2D eigenvalue weighted by molar-refractivity contribution is -0.120. The van der Waals surface area contributed by atoms with Crippen molar-refractivity contribution in [3.05, 3.63) is 46.6 Å². The van der Waals surface area contributed by atoms with Crippen LogP contribution in [0.1, 0.15) is 24.2 Å². The first kappa shape index (κ1) is 19.2. The molecule has 1 aliphatic heterocycles. The van der Waals surface area contributed by atoms with Crippen LogP contribution in [0.15, 0.2) is 41.0 Å². The third-order valence-electron chi connectivity index (χ3n) is 3.92. The third kappa shape index (κ3) is 4.97. The summed E-state index contributed by atoms with van der Waals surface area (Å²) in [5, 5.41) is 5.62. The molecule has 7 nitrogen and oxygen atoms in total. The second kappa shape index (κ2) is 8.39. The Morgan fingerprint density at radius 2 is 2.15 bits per heavy atom. The van der Waals surface area contributed by atoms with E-state index in [9.17, 15) is 9.59 Å². The van der Waals surface area contributed by atoms with Gasteiger partial charge in [-0.2, -0.15) is 0 Å². The van der Waals surface area contributed by atoms with E-state index >= 15 is 0 Å². The molecule has 0 bridgehead atoms. The van der Waals surface area contributed by atoms with Crippen LogP contribution in [0.4, 0.5) is 11.5 Å². The molecule has 1 saturated heterocycles. The van der Waals surface area contributed by atoms with Crippen LogP contribution in [0.3, 0.4) is 0 Å². The first-order chi connectivity index (χ1) is 12.9. The van der Waals surface area contributed by atoms with E-state index in [4.69, 9.17) is 4.74 Å². The molecule has 8 heteroatoms. The van der Waals surface area contributed by atoms with E-state index in [1.807, 2.05) is 18.7 Å². The monoisotopic (exact) mass is 432 g/mol. The van der Waals surface area contributed by atoms with Crippen LogP contribution in [-0.2, 0) is 4.79 Å². The molecule has 1 aromatic heterocycles. The van der Waals surface area contributed by atoms with Crippen LogP contribution in [0.25, 0.3) is 0 Å². The van der Waals surface area contributed by atoms with Gasteiger partial charge < -0.3 is 20.3 Å². The summed E-state index contributed by atoms with van der Waals surface area (Å²) < 4.78 is 6.58. The number of benzene rings is 1. The van der Waals surface area contributed by atoms with Gasteiger partial charge in [0, 0.05) is 17.6 Å². The highest BCUT2D eigenvalue weighted by atomic mass is 79.9. The fourth-order valence-corrected chi connectivity index (χ4v) is 3.05. The molecule has 1 fully saturated rings. The second-order valence-corrected chi connectivity index (χ2v) is 7.35. The molecule has 0 aliphatic carbocycles. The van der Waals surface area contributed by atoms with Gasteiger partial charge in [-0.3, -0.25) is 9.59 Å². The van der Waals surface area contributed by atoms with E-state index in [2.05, 4.69) is 31.5 Å². The molecule has 1 aliphatic rings. The number of nitrogens with one attached hydrogen (secondary N) is 2. The van der Waals surface area contributed by atoms with Crippen molar-refractivity contribution in [1.82, 2.24) is 10.3 Å². The minimum absolute atomic E-state index is 0.0200. The Labute approximate surface area is 166 Å². The predicted octanol–water partition coefficient (Wildman–Crippen LogP) is 2.82. The number of carbonyl (C=O) groups excluding carboxylic acids is 2. The average Bonchev–Trinajstić information content (AvgIpc) is 2.62. The number of ether oxygens (including phenoxy) is 1. The van der Waals surface area contributed by atoms with Crippen LogP contribution in [0.2, 0.25) is 0 Å². The Morgan fingerprint density at radius 3 is 2.81 bits per heavy atom. The Kier molecular flexibility index (Phi) is 5.95. The number of anilines is 2. The number of aromatic nitrogens is 1. The maximum Gasteiger partial charge on any atom is 0.259 e. The largest absolute Gasteiger partial charge is 0.490 e. The zero-order valence-electron chi connectivity index (χ0n) is 15.2. The lowest BCUT2D eigenvalue weighted by Gasteiger charge is -2.27. The standard InChI is InChI=1S/C19H21BrN4O3/c1-12(2)27-16-9-13(20)3-5-15(16)19(26)23-14-4-6-17(22-10-14)24-8-7-21-18(25)11-24/h3-6,9-10,12H,7-8,11H2,1-2H3,(H,21,25)(H,23,26). The summed E-state index contributed by atoms with van der Waals surface area (Å²) in [5.74, 6) is 0.925. The van der Waals surface area contributed by atoms with Gasteiger partial charge in [-0.05, 0) is 44.2 Å². The van der Waals surface area contributed by atoms with E-state index in [0.29, 0.717) is 35.9 Å². The van der Waals surface area contributed by atoms with Crippen LogP contribution >= 0.6 is 15.9 Å². The maximum atomic E-state index is 12.7. The Balaban J connectivity index is 1.72. The van der Waals surface area contributed by atoms with Gasteiger partial charge in [0.05, 0.1) is 30.1 Å². The molecular weight excluding hydrogens is 412 g/mol. The maximum absolute atomic E-state index is 12.7. The smallest absolute Gasteiger partial charge is 0.259 e. The molecule has 2 heterocycles. The van der Waals surface area contributed by atoms with Crippen molar-refractivity contribution in [3.8, 4) is 5.75 Å². The van der Waals surface area contributed by atoms with Gasteiger partial charge in [-0.25, -0.2) is 4.98 Å². The predicted molar refractivity (Wildman–Crippen MR) is 107 cm³/mol. The first-order valence-electron chi connectivity index (χ1n) is 8.67. The van der Waals surface area contributed by atoms with Gasteiger partial charge in [-0.1, -0.05) is 15.9 Å². The van der Waals surface area contributed by atoms with Crippen LogP contribution in [0.5, 0.6) is 5.75 Å². The molecule has 2 aromatic rings. The first-order valence-corrected chi connectivity index (χ1v) is 9.47. The van der Waals surface area contributed by atoms with Gasteiger partial charge in [0.25, 0.3) is 5.91 Å². The molecule has 3 rings (SSSR count). The Hall–Kier alpha value is -2.61. The summed E-state index contributed by atoms with van der Waals surface area (Å²) in [4.78, 5) is 30.4. The van der Waals surface area contributed by atoms with Crippen molar-refractivity contribution in [2.75, 3.05) is 29.9 Å². The fourth-order valence-electron chi connectivity index (χ4n) is 2.71. The van der Waals surface area contributed by atoms with E-state index in [0.717, 1.165) is 4.47 Å². The molecule has 0 spiro atoms. The zero-order valence-corrected chi connectivity index (χ0v) is 16.7. The van der Waals surface area contributed by atoms with Crippen molar-refractivity contribution in [2.24, 2.45) is 0 Å². The topological polar surface area (TPSA) is 83.6 Å². The van der Waals surface area contributed by atoms with Crippen molar-refractivity contribution in [3.63, 3.8) is 0 Å². The van der Waals surface area contributed by atoms with Crippen LogP contribution in [0, 0.1) is 0 Å².